The first-order valence-corrected chi connectivity index (χ1v) is 9.97. The molecule has 0 unspecified atom stereocenters. The Bertz CT molecular complexity index is 1240. The van der Waals surface area contributed by atoms with Gasteiger partial charge in [-0.3, -0.25) is 9.97 Å². The van der Waals surface area contributed by atoms with Crippen molar-refractivity contribution in [2.24, 2.45) is 0 Å². The molecule has 0 saturated heterocycles. The van der Waals surface area contributed by atoms with E-state index in [1.165, 1.54) is 12.4 Å². The average molecular weight is 415 g/mol. The normalized spacial score (nSPS) is 10.7. The van der Waals surface area contributed by atoms with Gasteiger partial charge >= 0.3 is 11.9 Å². The van der Waals surface area contributed by atoms with Gasteiger partial charge < -0.3 is 14.8 Å². The van der Waals surface area contributed by atoms with Crippen LogP contribution >= 0.6 is 0 Å². The Balaban J connectivity index is 1.60. The van der Waals surface area contributed by atoms with Crippen LogP contribution in [0, 0.1) is 0 Å². The molecular formula is C24H21N3O4. The molecule has 0 spiro atoms. The number of rotatable bonds is 7. The van der Waals surface area contributed by atoms with E-state index in [9.17, 15) is 9.59 Å². The molecule has 2 aromatic heterocycles. The summed E-state index contributed by atoms with van der Waals surface area (Å²) < 4.78 is 10.5. The zero-order valence-corrected chi connectivity index (χ0v) is 17.0. The highest BCUT2D eigenvalue weighted by Gasteiger charge is 2.18. The van der Waals surface area contributed by atoms with Crippen molar-refractivity contribution in [2.45, 2.75) is 6.92 Å². The maximum Gasteiger partial charge on any atom is 0.341 e. The van der Waals surface area contributed by atoms with Crippen LogP contribution in [-0.2, 0) is 9.47 Å². The SMILES string of the molecule is CCOC(=O)c1cnc2c(ccc3ccccc32)c1NCCOC(=O)c1cccnc1. The third-order valence-corrected chi connectivity index (χ3v) is 4.79. The molecule has 0 bridgehead atoms. The number of pyridine rings is 2. The van der Waals surface area contributed by atoms with Gasteiger partial charge in [-0.1, -0.05) is 36.4 Å². The number of esters is 2. The van der Waals surface area contributed by atoms with Crippen molar-refractivity contribution in [1.29, 1.82) is 0 Å². The number of carbonyl (C=O) groups is 2. The lowest BCUT2D eigenvalue weighted by Gasteiger charge is -2.15. The summed E-state index contributed by atoms with van der Waals surface area (Å²) in [4.78, 5) is 33.1. The van der Waals surface area contributed by atoms with E-state index in [2.05, 4.69) is 15.3 Å². The monoisotopic (exact) mass is 415 g/mol. The Morgan fingerprint density at radius 3 is 2.61 bits per heavy atom. The van der Waals surface area contributed by atoms with E-state index in [1.807, 2.05) is 36.4 Å². The van der Waals surface area contributed by atoms with Crippen LogP contribution in [0.3, 0.4) is 0 Å². The molecule has 2 heterocycles. The van der Waals surface area contributed by atoms with E-state index in [0.717, 1.165) is 21.7 Å². The fourth-order valence-electron chi connectivity index (χ4n) is 3.38. The highest BCUT2D eigenvalue weighted by atomic mass is 16.5. The number of fused-ring (bicyclic) bond motifs is 3. The zero-order valence-electron chi connectivity index (χ0n) is 17.0. The van der Waals surface area contributed by atoms with Gasteiger partial charge in [0.2, 0.25) is 0 Å². The van der Waals surface area contributed by atoms with Crippen molar-refractivity contribution < 1.29 is 19.1 Å². The molecule has 4 aromatic rings. The van der Waals surface area contributed by atoms with E-state index in [-0.39, 0.29) is 13.2 Å². The summed E-state index contributed by atoms with van der Waals surface area (Å²) in [6.07, 6.45) is 4.57. The van der Waals surface area contributed by atoms with Gasteiger partial charge in [-0.2, -0.15) is 0 Å². The van der Waals surface area contributed by atoms with Crippen LogP contribution in [0.4, 0.5) is 5.69 Å². The predicted octanol–water partition coefficient (Wildman–Crippen LogP) is 4.23. The predicted molar refractivity (Wildman–Crippen MR) is 118 cm³/mol. The Morgan fingerprint density at radius 1 is 0.935 bits per heavy atom. The van der Waals surface area contributed by atoms with Gasteiger partial charge in [0, 0.05) is 35.9 Å². The first-order chi connectivity index (χ1) is 15.2. The van der Waals surface area contributed by atoms with Crippen molar-refractivity contribution in [3.8, 4) is 0 Å². The molecule has 0 aliphatic heterocycles. The molecule has 0 atom stereocenters. The summed E-state index contributed by atoms with van der Waals surface area (Å²) in [5.41, 5.74) is 2.10. The first-order valence-electron chi connectivity index (χ1n) is 9.97. The molecule has 0 amide bonds. The fraction of sp³-hybridized carbons (Fsp3) is 0.167. The van der Waals surface area contributed by atoms with Crippen molar-refractivity contribution in [3.05, 3.63) is 78.2 Å². The number of ether oxygens (including phenoxy) is 2. The van der Waals surface area contributed by atoms with Gasteiger partial charge in [0.1, 0.15) is 12.2 Å². The molecule has 0 fully saturated rings. The largest absolute Gasteiger partial charge is 0.462 e. The summed E-state index contributed by atoms with van der Waals surface area (Å²) in [5.74, 6) is -0.911. The highest BCUT2D eigenvalue weighted by Crippen LogP contribution is 2.31. The first kappa shape index (κ1) is 20.3. The highest BCUT2D eigenvalue weighted by molar-refractivity contribution is 6.13. The van der Waals surface area contributed by atoms with Crippen LogP contribution in [0.25, 0.3) is 21.7 Å². The lowest BCUT2D eigenvalue weighted by atomic mass is 10.0. The van der Waals surface area contributed by atoms with Crippen molar-refractivity contribution in [3.63, 3.8) is 0 Å². The quantitative estimate of drug-likeness (QED) is 0.274. The number of carbonyl (C=O) groups excluding carboxylic acids is 2. The van der Waals surface area contributed by atoms with E-state index in [4.69, 9.17) is 9.47 Å². The van der Waals surface area contributed by atoms with Crippen molar-refractivity contribution >= 4 is 39.3 Å². The third-order valence-electron chi connectivity index (χ3n) is 4.79. The number of hydrogen-bond acceptors (Lipinski definition) is 7. The average Bonchev–Trinajstić information content (AvgIpc) is 2.82. The molecule has 0 saturated carbocycles. The van der Waals surface area contributed by atoms with Crippen LogP contribution in [0.5, 0.6) is 0 Å². The van der Waals surface area contributed by atoms with Crippen LogP contribution in [0.15, 0.2) is 67.1 Å². The minimum absolute atomic E-state index is 0.118. The maximum atomic E-state index is 12.5. The summed E-state index contributed by atoms with van der Waals surface area (Å²) in [5, 5.41) is 6.07. The second-order valence-corrected chi connectivity index (χ2v) is 6.75. The lowest BCUT2D eigenvalue weighted by molar-refractivity contribution is 0.0510. The molecule has 4 rings (SSSR count). The lowest BCUT2D eigenvalue weighted by Crippen LogP contribution is -2.17. The molecule has 0 radical (unpaired) electrons. The molecule has 7 heteroatoms. The van der Waals surface area contributed by atoms with Crippen molar-refractivity contribution in [2.75, 3.05) is 25.1 Å². The summed E-state index contributed by atoms with van der Waals surface area (Å²) >= 11 is 0. The van der Waals surface area contributed by atoms with Crippen LogP contribution in [0.2, 0.25) is 0 Å². The van der Waals surface area contributed by atoms with Gasteiger partial charge in [-0.05, 0) is 24.4 Å². The number of aromatic nitrogens is 2. The topological polar surface area (TPSA) is 90.4 Å². The number of nitrogens with zero attached hydrogens (tertiary/aromatic N) is 2. The Morgan fingerprint density at radius 2 is 1.81 bits per heavy atom. The van der Waals surface area contributed by atoms with Crippen molar-refractivity contribution in [1.82, 2.24) is 9.97 Å². The maximum absolute atomic E-state index is 12.5. The third kappa shape index (κ3) is 4.30. The van der Waals surface area contributed by atoms with E-state index < -0.39 is 11.9 Å². The summed E-state index contributed by atoms with van der Waals surface area (Å²) in [6, 6.07) is 15.2. The van der Waals surface area contributed by atoms with Crippen LogP contribution in [0.1, 0.15) is 27.6 Å². The molecule has 2 aromatic carbocycles. The van der Waals surface area contributed by atoms with E-state index in [1.54, 1.807) is 25.3 Å². The van der Waals surface area contributed by atoms with E-state index in [0.29, 0.717) is 23.4 Å². The number of anilines is 1. The van der Waals surface area contributed by atoms with Gasteiger partial charge in [0.25, 0.3) is 0 Å². The Kier molecular flexibility index (Phi) is 6.03. The van der Waals surface area contributed by atoms with E-state index >= 15 is 0 Å². The molecular weight excluding hydrogens is 394 g/mol. The smallest absolute Gasteiger partial charge is 0.341 e. The van der Waals surface area contributed by atoms with Crippen LogP contribution < -0.4 is 5.32 Å². The molecule has 7 nitrogen and oxygen atoms in total. The minimum Gasteiger partial charge on any atom is -0.462 e. The summed E-state index contributed by atoms with van der Waals surface area (Å²) in [6.45, 7) is 2.44. The van der Waals surface area contributed by atoms with Crippen LogP contribution in [-0.4, -0.2) is 41.7 Å². The second-order valence-electron chi connectivity index (χ2n) is 6.75. The number of hydrogen-bond donors (Lipinski definition) is 1. The number of benzene rings is 2. The molecule has 1 N–H and O–H groups in total. The molecule has 31 heavy (non-hydrogen) atoms. The minimum atomic E-state index is -0.458. The van der Waals surface area contributed by atoms with Gasteiger partial charge in [0.15, 0.2) is 0 Å². The Labute approximate surface area is 179 Å². The fourth-order valence-corrected chi connectivity index (χ4v) is 3.38. The summed E-state index contributed by atoms with van der Waals surface area (Å²) in [7, 11) is 0. The molecule has 0 aliphatic rings. The van der Waals surface area contributed by atoms with Gasteiger partial charge in [0.05, 0.1) is 23.4 Å². The second kappa shape index (κ2) is 9.21. The standard InChI is InChI=1S/C24H21N3O4/c1-2-30-24(29)20-15-27-21-18-8-4-3-6-16(18)9-10-19(21)22(20)26-12-13-31-23(28)17-7-5-11-25-14-17/h3-11,14-15H,2,12-13H2,1H3,(H,26,27). The Hall–Kier alpha value is -4.00. The molecule has 156 valence electrons. The molecule has 0 aliphatic carbocycles. The number of nitrogens with one attached hydrogen (secondary N) is 1. The van der Waals surface area contributed by atoms with Gasteiger partial charge in [-0.25, -0.2) is 9.59 Å². The zero-order chi connectivity index (χ0) is 21.6. The van der Waals surface area contributed by atoms with Gasteiger partial charge in [-0.15, -0.1) is 0 Å².